The van der Waals surface area contributed by atoms with Crippen LogP contribution < -0.4 is 5.32 Å². The second kappa shape index (κ2) is 7.17. The zero-order valence-corrected chi connectivity index (χ0v) is 11.9. The fraction of sp³-hybridized carbons (Fsp3) is 0.600. The highest BCUT2D eigenvalue weighted by Gasteiger charge is 2.11. The fourth-order valence-electron chi connectivity index (χ4n) is 2.33. The Morgan fingerprint density at radius 1 is 1.33 bits per heavy atom. The molecule has 0 amide bonds. The van der Waals surface area contributed by atoms with Crippen molar-refractivity contribution < 1.29 is 5.11 Å². The summed E-state index contributed by atoms with van der Waals surface area (Å²) < 4.78 is 0. The van der Waals surface area contributed by atoms with Gasteiger partial charge in [-0.3, -0.25) is 0 Å². The Kier molecular flexibility index (Phi) is 5.54. The molecule has 18 heavy (non-hydrogen) atoms. The van der Waals surface area contributed by atoms with Gasteiger partial charge in [-0.25, -0.2) is 0 Å². The SMILES string of the molecule is CCCNCC(O)CSc1ccc2c(c1)CCC2. The van der Waals surface area contributed by atoms with E-state index in [2.05, 4.69) is 30.4 Å². The monoisotopic (exact) mass is 265 g/mol. The van der Waals surface area contributed by atoms with Crippen molar-refractivity contribution >= 4 is 11.8 Å². The Morgan fingerprint density at radius 2 is 2.17 bits per heavy atom. The zero-order chi connectivity index (χ0) is 12.8. The van der Waals surface area contributed by atoms with Crippen LogP contribution in [0.2, 0.25) is 0 Å². The number of aliphatic hydroxyl groups is 1. The molecule has 0 fully saturated rings. The predicted octanol–water partition coefficient (Wildman–Crippen LogP) is 2.63. The first-order valence-corrected chi connectivity index (χ1v) is 7.91. The lowest BCUT2D eigenvalue weighted by atomic mass is 10.1. The first-order chi connectivity index (χ1) is 8.79. The molecule has 1 aromatic rings. The Balaban J connectivity index is 1.76. The first-order valence-electron chi connectivity index (χ1n) is 6.93. The molecule has 0 heterocycles. The summed E-state index contributed by atoms with van der Waals surface area (Å²) in [5.74, 6) is 0.773. The smallest absolute Gasteiger partial charge is 0.0758 e. The molecule has 1 aromatic carbocycles. The third-order valence-corrected chi connectivity index (χ3v) is 4.46. The van der Waals surface area contributed by atoms with Crippen LogP contribution in [0.3, 0.4) is 0 Å². The van der Waals surface area contributed by atoms with Gasteiger partial charge >= 0.3 is 0 Å². The molecule has 0 bridgehead atoms. The van der Waals surface area contributed by atoms with Gasteiger partial charge in [-0.05, 0) is 55.5 Å². The molecular formula is C15H23NOS. The van der Waals surface area contributed by atoms with E-state index in [0.717, 1.165) is 18.7 Å². The molecule has 3 heteroatoms. The normalized spacial score (nSPS) is 15.7. The quantitative estimate of drug-likeness (QED) is 0.587. The number of nitrogens with one attached hydrogen (secondary N) is 1. The van der Waals surface area contributed by atoms with Crippen molar-refractivity contribution in [2.45, 2.75) is 43.6 Å². The van der Waals surface area contributed by atoms with E-state index in [1.54, 1.807) is 11.8 Å². The number of aryl methyl sites for hydroxylation is 2. The van der Waals surface area contributed by atoms with Crippen molar-refractivity contribution in [2.75, 3.05) is 18.8 Å². The van der Waals surface area contributed by atoms with Crippen LogP contribution in [0, 0.1) is 0 Å². The molecule has 0 spiro atoms. The number of thioether (sulfide) groups is 1. The van der Waals surface area contributed by atoms with E-state index in [-0.39, 0.29) is 6.10 Å². The maximum Gasteiger partial charge on any atom is 0.0758 e. The van der Waals surface area contributed by atoms with Crippen LogP contribution in [0.4, 0.5) is 0 Å². The van der Waals surface area contributed by atoms with E-state index in [1.165, 1.54) is 35.3 Å². The van der Waals surface area contributed by atoms with Gasteiger partial charge in [0.25, 0.3) is 0 Å². The average Bonchev–Trinajstić information content (AvgIpc) is 2.84. The third kappa shape index (κ3) is 4.01. The number of aliphatic hydroxyl groups excluding tert-OH is 1. The maximum absolute atomic E-state index is 9.85. The summed E-state index contributed by atoms with van der Waals surface area (Å²) in [5.41, 5.74) is 3.03. The topological polar surface area (TPSA) is 32.3 Å². The van der Waals surface area contributed by atoms with Gasteiger partial charge in [0.05, 0.1) is 6.10 Å². The molecule has 2 N–H and O–H groups in total. The standard InChI is InChI=1S/C15H23NOS/c1-2-8-16-10-14(17)11-18-15-7-6-12-4-3-5-13(12)9-15/h6-7,9,14,16-17H,2-5,8,10-11H2,1H3. The highest BCUT2D eigenvalue weighted by Crippen LogP contribution is 2.27. The van der Waals surface area contributed by atoms with E-state index in [4.69, 9.17) is 0 Å². The van der Waals surface area contributed by atoms with Crippen molar-refractivity contribution in [3.63, 3.8) is 0 Å². The molecule has 2 rings (SSSR count). The van der Waals surface area contributed by atoms with Crippen LogP contribution in [0.5, 0.6) is 0 Å². The van der Waals surface area contributed by atoms with E-state index in [0.29, 0.717) is 6.54 Å². The molecule has 100 valence electrons. The molecule has 0 saturated carbocycles. The molecule has 0 aromatic heterocycles. The zero-order valence-electron chi connectivity index (χ0n) is 11.1. The number of fused-ring (bicyclic) bond motifs is 1. The average molecular weight is 265 g/mol. The van der Waals surface area contributed by atoms with Crippen molar-refractivity contribution in [3.8, 4) is 0 Å². The molecule has 1 unspecified atom stereocenters. The molecule has 1 aliphatic rings. The van der Waals surface area contributed by atoms with Crippen LogP contribution in [0.15, 0.2) is 23.1 Å². The van der Waals surface area contributed by atoms with Crippen LogP contribution >= 0.6 is 11.8 Å². The van der Waals surface area contributed by atoms with E-state index in [9.17, 15) is 5.11 Å². The number of hydrogen-bond donors (Lipinski definition) is 2. The van der Waals surface area contributed by atoms with Gasteiger partial charge in [-0.15, -0.1) is 11.8 Å². The van der Waals surface area contributed by atoms with Gasteiger partial charge in [0.2, 0.25) is 0 Å². The Bertz CT molecular complexity index is 381. The van der Waals surface area contributed by atoms with Crippen LogP contribution in [-0.2, 0) is 12.8 Å². The first kappa shape index (κ1) is 13.9. The highest BCUT2D eigenvalue weighted by atomic mass is 32.2. The van der Waals surface area contributed by atoms with Gasteiger partial charge in [-0.1, -0.05) is 13.0 Å². The van der Waals surface area contributed by atoms with Crippen LogP contribution in [-0.4, -0.2) is 30.1 Å². The van der Waals surface area contributed by atoms with E-state index >= 15 is 0 Å². The van der Waals surface area contributed by atoms with E-state index < -0.39 is 0 Å². The van der Waals surface area contributed by atoms with Gasteiger partial charge in [-0.2, -0.15) is 0 Å². The molecule has 0 aliphatic heterocycles. The lowest BCUT2D eigenvalue weighted by Crippen LogP contribution is -2.28. The maximum atomic E-state index is 9.85. The summed E-state index contributed by atoms with van der Waals surface area (Å²) >= 11 is 1.76. The molecule has 2 nitrogen and oxygen atoms in total. The predicted molar refractivity (Wildman–Crippen MR) is 78.4 cm³/mol. The van der Waals surface area contributed by atoms with Crippen molar-refractivity contribution in [1.29, 1.82) is 0 Å². The van der Waals surface area contributed by atoms with Crippen LogP contribution in [0.1, 0.15) is 30.9 Å². The summed E-state index contributed by atoms with van der Waals surface area (Å²) in [5, 5.41) is 13.1. The van der Waals surface area contributed by atoms with Crippen molar-refractivity contribution in [1.82, 2.24) is 5.32 Å². The number of hydrogen-bond acceptors (Lipinski definition) is 3. The second-order valence-electron chi connectivity index (χ2n) is 4.95. The minimum atomic E-state index is -0.255. The fourth-order valence-corrected chi connectivity index (χ4v) is 3.23. The van der Waals surface area contributed by atoms with Gasteiger partial charge in [0.1, 0.15) is 0 Å². The summed E-state index contributed by atoms with van der Waals surface area (Å²) in [7, 11) is 0. The third-order valence-electron chi connectivity index (χ3n) is 3.32. The summed E-state index contributed by atoms with van der Waals surface area (Å²) in [6.07, 6.45) is 4.63. The Labute approximate surface area is 114 Å². The summed E-state index contributed by atoms with van der Waals surface area (Å²) in [6.45, 7) is 3.82. The van der Waals surface area contributed by atoms with Gasteiger partial charge in [0, 0.05) is 17.2 Å². The highest BCUT2D eigenvalue weighted by molar-refractivity contribution is 7.99. The summed E-state index contributed by atoms with van der Waals surface area (Å²) in [4.78, 5) is 1.30. The number of benzene rings is 1. The molecule has 0 radical (unpaired) electrons. The molecular weight excluding hydrogens is 242 g/mol. The lowest BCUT2D eigenvalue weighted by molar-refractivity contribution is 0.196. The largest absolute Gasteiger partial charge is 0.391 e. The van der Waals surface area contributed by atoms with Crippen molar-refractivity contribution in [3.05, 3.63) is 29.3 Å². The Hall–Kier alpha value is -0.510. The molecule has 0 saturated heterocycles. The second-order valence-corrected chi connectivity index (χ2v) is 6.05. The van der Waals surface area contributed by atoms with Crippen LogP contribution in [0.25, 0.3) is 0 Å². The summed E-state index contributed by atoms with van der Waals surface area (Å²) in [6, 6.07) is 6.76. The number of rotatable bonds is 7. The van der Waals surface area contributed by atoms with Gasteiger partial charge < -0.3 is 10.4 Å². The lowest BCUT2D eigenvalue weighted by Gasteiger charge is -2.11. The minimum absolute atomic E-state index is 0.255. The molecule has 1 aliphatic carbocycles. The minimum Gasteiger partial charge on any atom is -0.391 e. The van der Waals surface area contributed by atoms with Gasteiger partial charge in [0.15, 0.2) is 0 Å². The van der Waals surface area contributed by atoms with Crippen molar-refractivity contribution in [2.24, 2.45) is 0 Å². The Morgan fingerprint density at radius 3 is 3.00 bits per heavy atom. The molecule has 1 atom stereocenters. The van der Waals surface area contributed by atoms with E-state index in [1.807, 2.05) is 0 Å².